The van der Waals surface area contributed by atoms with Gasteiger partial charge < -0.3 is 10.4 Å². The first-order chi connectivity index (χ1) is 9.01. The lowest BCUT2D eigenvalue weighted by molar-refractivity contribution is -0.138. The van der Waals surface area contributed by atoms with E-state index in [-0.39, 0.29) is 16.7 Å². The van der Waals surface area contributed by atoms with E-state index in [1.54, 1.807) is 6.07 Å². The van der Waals surface area contributed by atoms with Crippen LogP contribution in [0, 0.1) is 0 Å². The van der Waals surface area contributed by atoms with Crippen LogP contribution in [-0.4, -0.2) is 26.8 Å². The fourth-order valence-corrected chi connectivity index (χ4v) is 2.88. The average Bonchev–Trinajstić information content (AvgIpc) is 2.34. The first-order valence-corrected chi connectivity index (χ1v) is 6.95. The Bertz CT molecular complexity index is 476. The Balaban J connectivity index is 2.24. The third-order valence-corrected chi connectivity index (χ3v) is 3.88. The molecule has 0 amide bonds. The molecule has 0 bridgehead atoms. The fraction of sp³-hybridized carbons (Fsp3) is 0.583. The maximum atomic E-state index is 11.1. The molecule has 2 N–H and O–H groups in total. The maximum Gasteiger partial charge on any atom is 0.305 e. The Morgan fingerprint density at radius 1 is 1.32 bits per heavy atom. The summed E-state index contributed by atoms with van der Waals surface area (Å²) in [7, 11) is 0. The van der Waals surface area contributed by atoms with Gasteiger partial charge in [0, 0.05) is 11.6 Å². The van der Waals surface area contributed by atoms with Crippen molar-refractivity contribution in [2.45, 2.75) is 44.1 Å². The van der Waals surface area contributed by atoms with Crippen LogP contribution in [0.1, 0.15) is 38.5 Å². The first-order valence-electron chi connectivity index (χ1n) is 6.19. The number of aliphatic carboxylic acids is 1. The number of nitrogens with one attached hydrogen (secondary N) is 1. The predicted octanol–water partition coefficient (Wildman–Crippen LogP) is 3.37. The molecule has 0 atom stereocenters. The molecule has 0 aliphatic heterocycles. The standard InChI is InChI=1S/C12H15Cl2N3O2/c13-9-6-8(11(14)17-16-9)15-12(7-10(18)19)4-2-1-3-5-12/h6H,1-5,7H2,(H,15,16)(H,18,19). The third kappa shape index (κ3) is 3.70. The highest BCUT2D eigenvalue weighted by molar-refractivity contribution is 6.33. The summed E-state index contributed by atoms with van der Waals surface area (Å²) in [6, 6.07) is 1.58. The third-order valence-electron chi connectivity index (χ3n) is 3.42. The number of rotatable bonds is 4. The van der Waals surface area contributed by atoms with Crippen molar-refractivity contribution in [1.29, 1.82) is 0 Å². The van der Waals surface area contributed by atoms with Gasteiger partial charge in [0.1, 0.15) is 0 Å². The van der Waals surface area contributed by atoms with Crippen LogP contribution >= 0.6 is 23.2 Å². The number of hydrogen-bond acceptors (Lipinski definition) is 4. The number of carbonyl (C=O) groups is 1. The van der Waals surface area contributed by atoms with Crippen LogP contribution in [0.3, 0.4) is 0 Å². The van der Waals surface area contributed by atoms with Gasteiger partial charge in [0.2, 0.25) is 0 Å². The summed E-state index contributed by atoms with van der Waals surface area (Å²) in [5.74, 6) is -0.821. The van der Waals surface area contributed by atoms with Crippen LogP contribution in [0.15, 0.2) is 6.07 Å². The zero-order chi connectivity index (χ0) is 13.9. The van der Waals surface area contributed by atoms with Crippen molar-refractivity contribution >= 4 is 34.9 Å². The van der Waals surface area contributed by atoms with Crippen molar-refractivity contribution in [2.75, 3.05) is 5.32 Å². The molecular weight excluding hydrogens is 289 g/mol. The number of carboxylic acid groups (broad SMARTS) is 1. The molecule has 1 heterocycles. The summed E-state index contributed by atoms with van der Waals surface area (Å²) in [4.78, 5) is 11.1. The van der Waals surface area contributed by atoms with Crippen molar-refractivity contribution in [1.82, 2.24) is 10.2 Å². The molecule has 0 radical (unpaired) electrons. The lowest BCUT2D eigenvalue weighted by atomic mass is 9.79. The summed E-state index contributed by atoms with van der Waals surface area (Å²) in [6.07, 6.45) is 4.80. The second-order valence-corrected chi connectivity index (χ2v) is 5.65. The lowest BCUT2D eigenvalue weighted by Crippen LogP contribution is -2.42. The van der Waals surface area contributed by atoms with Crippen molar-refractivity contribution < 1.29 is 9.90 Å². The molecule has 1 aliphatic rings. The number of nitrogens with zero attached hydrogens (tertiary/aromatic N) is 2. The minimum Gasteiger partial charge on any atom is -0.481 e. The molecule has 0 aromatic carbocycles. The number of anilines is 1. The monoisotopic (exact) mass is 303 g/mol. The van der Waals surface area contributed by atoms with Crippen LogP contribution in [-0.2, 0) is 4.79 Å². The van der Waals surface area contributed by atoms with Gasteiger partial charge in [0.05, 0.1) is 12.1 Å². The number of hydrogen-bond donors (Lipinski definition) is 2. The highest BCUT2D eigenvalue weighted by Gasteiger charge is 2.35. The number of carboxylic acids is 1. The topological polar surface area (TPSA) is 75.1 Å². The van der Waals surface area contributed by atoms with Gasteiger partial charge in [-0.3, -0.25) is 4.79 Å². The van der Waals surface area contributed by atoms with Gasteiger partial charge in [-0.15, -0.1) is 10.2 Å². The van der Waals surface area contributed by atoms with Crippen LogP contribution in [0.4, 0.5) is 5.69 Å². The molecule has 7 heteroatoms. The molecule has 0 spiro atoms. The molecule has 0 unspecified atom stereocenters. The van der Waals surface area contributed by atoms with E-state index in [2.05, 4.69) is 15.5 Å². The normalized spacial score (nSPS) is 18.0. The first kappa shape index (κ1) is 14.3. The molecule has 104 valence electrons. The van der Waals surface area contributed by atoms with E-state index in [0.29, 0.717) is 5.69 Å². The predicted molar refractivity (Wildman–Crippen MR) is 73.7 cm³/mol. The number of aromatic nitrogens is 2. The minimum absolute atomic E-state index is 0.0588. The molecule has 2 rings (SSSR count). The van der Waals surface area contributed by atoms with Crippen molar-refractivity contribution in [3.63, 3.8) is 0 Å². The summed E-state index contributed by atoms with van der Waals surface area (Å²) in [6.45, 7) is 0. The molecule has 1 aromatic heterocycles. The Morgan fingerprint density at radius 2 is 2.00 bits per heavy atom. The van der Waals surface area contributed by atoms with Gasteiger partial charge in [0.25, 0.3) is 0 Å². The molecule has 1 saturated carbocycles. The summed E-state index contributed by atoms with van der Waals surface area (Å²) in [5.41, 5.74) is 0.0740. The smallest absolute Gasteiger partial charge is 0.305 e. The van der Waals surface area contributed by atoms with Crippen LogP contribution < -0.4 is 5.32 Å². The Kier molecular flexibility index (Phi) is 4.47. The zero-order valence-corrected chi connectivity index (χ0v) is 11.8. The van der Waals surface area contributed by atoms with Gasteiger partial charge in [-0.05, 0) is 12.8 Å². The summed E-state index contributed by atoms with van der Waals surface area (Å²) in [5, 5.41) is 20.2. The second kappa shape index (κ2) is 5.92. The van der Waals surface area contributed by atoms with E-state index in [1.807, 2.05) is 0 Å². The van der Waals surface area contributed by atoms with E-state index in [0.717, 1.165) is 32.1 Å². The van der Waals surface area contributed by atoms with E-state index in [4.69, 9.17) is 28.3 Å². The Morgan fingerprint density at radius 3 is 2.63 bits per heavy atom. The minimum atomic E-state index is -0.821. The zero-order valence-electron chi connectivity index (χ0n) is 10.3. The van der Waals surface area contributed by atoms with Crippen LogP contribution in [0.5, 0.6) is 0 Å². The largest absolute Gasteiger partial charge is 0.481 e. The van der Waals surface area contributed by atoms with Gasteiger partial charge >= 0.3 is 5.97 Å². The summed E-state index contributed by atoms with van der Waals surface area (Å²) < 4.78 is 0. The molecular formula is C12H15Cl2N3O2. The van der Waals surface area contributed by atoms with Gasteiger partial charge in [-0.1, -0.05) is 42.5 Å². The lowest BCUT2D eigenvalue weighted by Gasteiger charge is -2.38. The molecule has 19 heavy (non-hydrogen) atoms. The number of halogens is 2. The van der Waals surface area contributed by atoms with E-state index >= 15 is 0 Å². The SMILES string of the molecule is O=C(O)CC1(Nc2cc(Cl)nnc2Cl)CCCCC1. The highest BCUT2D eigenvalue weighted by atomic mass is 35.5. The Labute approximate surface area is 121 Å². The van der Waals surface area contributed by atoms with E-state index in [1.165, 1.54) is 0 Å². The van der Waals surface area contributed by atoms with Crippen LogP contribution in [0.25, 0.3) is 0 Å². The molecule has 5 nitrogen and oxygen atoms in total. The maximum absolute atomic E-state index is 11.1. The molecule has 0 saturated heterocycles. The molecule has 1 fully saturated rings. The second-order valence-electron chi connectivity index (χ2n) is 4.91. The highest BCUT2D eigenvalue weighted by Crippen LogP contribution is 2.36. The van der Waals surface area contributed by atoms with E-state index < -0.39 is 11.5 Å². The fourth-order valence-electron chi connectivity index (χ4n) is 2.59. The van der Waals surface area contributed by atoms with Gasteiger partial charge in [-0.2, -0.15) is 0 Å². The van der Waals surface area contributed by atoms with Crippen molar-refractivity contribution in [3.05, 3.63) is 16.4 Å². The molecule has 1 aromatic rings. The van der Waals surface area contributed by atoms with Gasteiger partial charge in [-0.25, -0.2) is 0 Å². The van der Waals surface area contributed by atoms with Crippen molar-refractivity contribution in [3.8, 4) is 0 Å². The average molecular weight is 304 g/mol. The van der Waals surface area contributed by atoms with Crippen molar-refractivity contribution in [2.24, 2.45) is 0 Å². The van der Waals surface area contributed by atoms with Gasteiger partial charge in [0.15, 0.2) is 10.3 Å². The Hall–Kier alpha value is -1.07. The summed E-state index contributed by atoms with van der Waals surface area (Å²) >= 11 is 11.8. The van der Waals surface area contributed by atoms with Crippen LogP contribution in [0.2, 0.25) is 10.3 Å². The molecule has 1 aliphatic carbocycles. The van der Waals surface area contributed by atoms with E-state index in [9.17, 15) is 4.79 Å². The quantitative estimate of drug-likeness (QED) is 0.892.